The average Bonchev–Trinajstić information content (AvgIpc) is 2.50. The van der Waals surface area contributed by atoms with E-state index in [9.17, 15) is 0 Å². The SMILES string of the molecule is CC(C)=CCOC1CN(C)CCc2ccccc21. The number of rotatable bonds is 3. The lowest BCUT2D eigenvalue weighted by molar-refractivity contribution is 0.0516. The van der Waals surface area contributed by atoms with Gasteiger partial charge in [0.25, 0.3) is 0 Å². The summed E-state index contributed by atoms with van der Waals surface area (Å²) in [5, 5.41) is 0. The van der Waals surface area contributed by atoms with Crippen LogP contribution in [0, 0.1) is 0 Å². The summed E-state index contributed by atoms with van der Waals surface area (Å²) in [5.74, 6) is 0. The second kappa shape index (κ2) is 6.17. The first-order valence-electron chi connectivity index (χ1n) is 6.68. The Morgan fingerprint density at radius 3 is 2.94 bits per heavy atom. The Balaban J connectivity index is 2.14. The van der Waals surface area contributed by atoms with Crippen molar-refractivity contribution in [3.05, 3.63) is 47.0 Å². The quantitative estimate of drug-likeness (QED) is 0.758. The van der Waals surface area contributed by atoms with E-state index >= 15 is 0 Å². The van der Waals surface area contributed by atoms with Crippen molar-refractivity contribution in [2.24, 2.45) is 0 Å². The largest absolute Gasteiger partial charge is 0.368 e. The maximum atomic E-state index is 6.05. The number of allylic oxidation sites excluding steroid dienone is 1. The van der Waals surface area contributed by atoms with Crippen molar-refractivity contribution in [3.63, 3.8) is 0 Å². The van der Waals surface area contributed by atoms with Crippen molar-refractivity contribution in [2.75, 3.05) is 26.7 Å². The molecular weight excluding hydrogens is 222 g/mol. The van der Waals surface area contributed by atoms with Crippen LogP contribution in [0.2, 0.25) is 0 Å². The molecule has 98 valence electrons. The lowest BCUT2D eigenvalue weighted by Crippen LogP contribution is -2.25. The summed E-state index contributed by atoms with van der Waals surface area (Å²) in [5.41, 5.74) is 4.11. The molecule has 0 bridgehead atoms. The van der Waals surface area contributed by atoms with E-state index < -0.39 is 0 Å². The van der Waals surface area contributed by atoms with Crippen LogP contribution in [0.5, 0.6) is 0 Å². The standard InChI is InChI=1S/C16H23NO/c1-13(2)9-11-18-16-12-17(3)10-8-14-6-4-5-7-15(14)16/h4-7,9,16H,8,10-12H2,1-3H3. The number of fused-ring (bicyclic) bond motifs is 1. The monoisotopic (exact) mass is 245 g/mol. The molecule has 0 saturated heterocycles. The van der Waals surface area contributed by atoms with E-state index in [1.807, 2.05) is 0 Å². The highest BCUT2D eigenvalue weighted by Crippen LogP contribution is 2.26. The smallest absolute Gasteiger partial charge is 0.0958 e. The summed E-state index contributed by atoms with van der Waals surface area (Å²) in [4.78, 5) is 2.35. The fourth-order valence-corrected chi connectivity index (χ4v) is 2.33. The van der Waals surface area contributed by atoms with Crippen LogP contribution in [0.25, 0.3) is 0 Å². The Bertz CT molecular complexity index is 421. The molecule has 2 rings (SSSR count). The zero-order valence-electron chi connectivity index (χ0n) is 11.6. The summed E-state index contributed by atoms with van der Waals surface area (Å²) < 4.78 is 6.05. The predicted molar refractivity (Wildman–Crippen MR) is 75.8 cm³/mol. The van der Waals surface area contributed by atoms with Crippen molar-refractivity contribution in [3.8, 4) is 0 Å². The maximum Gasteiger partial charge on any atom is 0.0958 e. The molecule has 1 aliphatic heterocycles. The van der Waals surface area contributed by atoms with E-state index in [-0.39, 0.29) is 6.10 Å². The van der Waals surface area contributed by atoms with Gasteiger partial charge in [-0.1, -0.05) is 35.9 Å². The minimum Gasteiger partial charge on any atom is -0.368 e. The summed E-state index contributed by atoms with van der Waals surface area (Å²) >= 11 is 0. The first-order chi connectivity index (χ1) is 8.66. The molecule has 0 amide bonds. The first-order valence-corrected chi connectivity index (χ1v) is 6.68. The van der Waals surface area contributed by atoms with Crippen LogP contribution in [-0.2, 0) is 11.2 Å². The van der Waals surface area contributed by atoms with Crippen LogP contribution >= 0.6 is 0 Å². The molecule has 0 fully saturated rings. The van der Waals surface area contributed by atoms with Gasteiger partial charge in [0.05, 0.1) is 12.7 Å². The lowest BCUT2D eigenvalue weighted by atomic mass is 10.0. The van der Waals surface area contributed by atoms with E-state index in [0.717, 1.165) is 19.5 Å². The molecule has 0 N–H and O–H groups in total. The summed E-state index contributed by atoms with van der Waals surface area (Å²) in [6, 6.07) is 8.67. The number of nitrogens with zero attached hydrogens (tertiary/aromatic N) is 1. The molecule has 0 aromatic heterocycles. The fraction of sp³-hybridized carbons (Fsp3) is 0.500. The molecule has 0 radical (unpaired) electrons. The van der Waals surface area contributed by atoms with Gasteiger partial charge >= 0.3 is 0 Å². The molecule has 18 heavy (non-hydrogen) atoms. The van der Waals surface area contributed by atoms with Crippen molar-refractivity contribution >= 4 is 0 Å². The Morgan fingerprint density at radius 2 is 2.17 bits per heavy atom. The lowest BCUT2D eigenvalue weighted by Gasteiger charge is -2.21. The molecule has 0 saturated carbocycles. The van der Waals surface area contributed by atoms with Crippen LogP contribution in [0.1, 0.15) is 31.1 Å². The predicted octanol–water partition coefficient (Wildman–Crippen LogP) is 3.20. The molecule has 2 heteroatoms. The number of likely N-dealkylation sites (N-methyl/N-ethyl adjacent to an activating group) is 1. The number of ether oxygens (including phenoxy) is 1. The normalized spacial score (nSPS) is 20.1. The highest BCUT2D eigenvalue weighted by Gasteiger charge is 2.20. The van der Waals surface area contributed by atoms with Crippen molar-refractivity contribution in [1.29, 1.82) is 0 Å². The summed E-state index contributed by atoms with van der Waals surface area (Å²) in [6.45, 7) is 7.01. The Hall–Kier alpha value is -1.12. The van der Waals surface area contributed by atoms with Crippen molar-refractivity contribution in [2.45, 2.75) is 26.4 Å². The Kier molecular flexibility index (Phi) is 4.56. The fourth-order valence-electron chi connectivity index (χ4n) is 2.33. The van der Waals surface area contributed by atoms with Crippen molar-refractivity contribution in [1.82, 2.24) is 4.90 Å². The summed E-state index contributed by atoms with van der Waals surface area (Å²) in [6.07, 6.45) is 3.46. The van der Waals surface area contributed by atoms with Crippen LogP contribution in [0.4, 0.5) is 0 Å². The van der Waals surface area contributed by atoms with Gasteiger partial charge in [0.15, 0.2) is 0 Å². The van der Waals surface area contributed by atoms with Gasteiger partial charge in [0.2, 0.25) is 0 Å². The van der Waals surface area contributed by atoms with Gasteiger partial charge < -0.3 is 9.64 Å². The molecule has 1 aromatic rings. The average molecular weight is 245 g/mol. The van der Waals surface area contributed by atoms with Crippen LogP contribution in [0.15, 0.2) is 35.9 Å². The van der Waals surface area contributed by atoms with Crippen LogP contribution in [0.3, 0.4) is 0 Å². The number of hydrogen-bond acceptors (Lipinski definition) is 2. The first kappa shape index (κ1) is 13.3. The minimum atomic E-state index is 0.198. The van der Waals surface area contributed by atoms with Gasteiger partial charge in [0, 0.05) is 13.1 Å². The Labute approximate surface area is 110 Å². The molecule has 1 aliphatic rings. The van der Waals surface area contributed by atoms with Crippen LogP contribution in [-0.4, -0.2) is 31.6 Å². The second-order valence-electron chi connectivity index (χ2n) is 5.31. The third-order valence-corrected chi connectivity index (χ3v) is 3.43. The number of benzene rings is 1. The number of hydrogen-bond donors (Lipinski definition) is 0. The van der Waals surface area contributed by atoms with E-state index in [4.69, 9.17) is 4.74 Å². The molecule has 1 unspecified atom stereocenters. The van der Waals surface area contributed by atoms with Gasteiger partial charge in [-0.3, -0.25) is 0 Å². The molecule has 2 nitrogen and oxygen atoms in total. The summed E-state index contributed by atoms with van der Waals surface area (Å²) in [7, 11) is 2.17. The van der Waals surface area contributed by atoms with Crippen LogP contribution < -0.4 is 0 Å². The zero-order valence-corrected chi connectivity index (χ0v) is 11.6. The van der Waals surface area contributed by atoms with Gasteiger partial charge in [-0.25, -0.2) is 0 Å². The third-order valence-electron chi connectivity index (χ3n) is 3.43. The zero-order chi connectivity index (χ0) is 13.0. The van der Waals surface area contributed by atoms with E-state index in [1.54, 1.807) is 0 Å². The van der Waals surface area contributed by atoms with Gasteiger partial charge in [0.1, 0.15) is 0 Å². The highest BCUT2D eigenvalue weighted by molar-refractivity contribution is 5.30. The van der Waals surface area contributed by atoms with Gasteiger partial charge in [-0.05, 0) is 38.4 Å². The van der Waals surface area contributed by atoms with E-state index in [2.05, 4.69) is 56.1 Å². The van der Waals surface area contributed by atoms with E-state index in [0.29, 0.717) is 6.61 Å². The second-order valence-corrected chi connectivity index (χ2v) is 5.31. The molecule has 1 heterocycles. The molecule has 1 aromatic carbocycles. The maximum absolute atomic E-state index is 6.05. The molecule has 1 atom stereocenters. The van der Waals surface area contributed by atoms with Crippen molar-refractivity contribution < 1.29 is 4.74 Å². The van der Waals surface area contributed by atoms with Gasteiger partial charge in [-0.15, -0.1) is 0 Å². The van der Waals surface area contributed by atoms with Gasteiger partial charge in [-0.2, -0.15) is 0 Å². The molecule has 0 aliphatic carbocycles. The highest BCUT2D eigenvalue weighted by atomic mass is 16.5. The molecule has 0 spiro atoms. The topological polar surface area (TPSA) is 12.5 Å². The van der Waals surface area contributed by atoms with E-state index in [1.165, 1.54) is 16.7 Å². The Morgan fingerprint density at radius 1 is 1.39 bits per heavy atom. The molecular formula is C16H23NO. The third kappa shape index (κ3) is 3.44. The minimum absolute atomic E-state index is 0.198.